The highest BCUT2D eigenvalue weighted by Crippen LogP contribution is 2.45. The van der Waals surface area contributed by atoms with Crippen LogP contribution in [0.1, 0.15) is 84.1 Å². The second-order valence-corrected chi connectivity index (χ2v) is 26.1. The van der Waals surface area contributed by atoms with Crippen LogP contribution >= 0.6 is 0 Å². The van der Waals surface area contributed by atoms with Crippen molar-refractivity contribution in [1.29, 1.82) is 0 Å². The lowest BCUT2D eigenvalue weighted by molar-refractivity contribution is -0.197. The summed E-state index contributed by atoms with van der Waals surface area (Å²) in [5, 5.41) is 5.21. The average Bonchev–Trinajstić information content (AvgIpc) is 1.72. The lowest BCUT2D eigenvalue weighted by Gasteiger charge is -2.55. The highest BCUT2D eigenvalue weighted by molar-refractivity contribution is 5.95. The number of morpholine rings is 2. The number of ether oxygens (including phenoxy) is 4. The molecule has 3 aromatic rings. The Balaban J connectivity index is 0.899. The van der Waals surface area contributed by atoms with Crippen molar-refractivity contribution in [2.45, 2.75) is 134 Å². The van der Waals surface area contributed by atoms with Gasteiger partial charge < -0.3 is 48.4 Å². The lowest BCUT2D eigenvalue weighted by atomic mass is 9.84. The maximum atomic E-state index is 15.2. The predicted octanol–water partition coefficient (Wildman–Crippen LogP) is 3.67. The topological polar surface area (TPSA) is 190 Å². The molecule has 2 unspecified atom stereocenters. The first-order valence-electron chi connectivity index (χ1n) is 30.2. The summed E-state index contributed by atoms with van der Waals surface area (Å²) in [6, 6.07) is 5.16. The van der Waals surface area contributed by atoms with Crippen molar-refractivity contribution in [1.82, 2.24) is 49.8 Å². The normalized spacial score (nSPS) is 26.8. The standard InChI is InChI=1S/C60H85F3N12O9/c1-37(2)52(71-21-23-84-59(32-71)33-73(34-59)56(79)49-30-72(49)31-50(76)67(6)7)54(77)65-47-26-42-29-70(20-22-82-42)40-13-14-48-43(24-40)45(27-58(4,5)36-83-57(80)46-10-9-15-75(66-46)55(47)78)53(74(48)35-60(61,62)63)44-25-41(28-64-51(44)38(3)81-8)69-18-16-68(17-19-69)39-11-12-39/h13-14,24-25,28,37-39,42,46-47,49,52,66H,9-12,15-23,26-27,29-36H2,1-8H3,(H,65,77)/t38-,42-,46-,47-,49+,52?,72?/m0/s1. The number of pyridine rings is 1. The number of fused-ring (bicyclic) bond motifs is 6. The Morgan fingerprint density at radius 3 is 2.39 bits per heavy atom. The maximum absolute atomic E-state index is 15.2. The molecule has 7 aliphatic heterocycles. The van der Waals surface area contributed by atoms with E-state index in [1.807, 2.05) is 63.9 Å². The first kappa shape index (κ1) is 60.1. The number of anilines is 2. The fourth-order valence-electron chi connectivity index (χ4n) is 13.6. The smallest absolute Gasteiger partial charge is 0.406 e. The number of esters is 1. The summed E-state index contributed by atoms with van der Waals surface area (Å²) in [4.78, 5) is 89.2. The molecule has 84 heavy (non-hydrogen) atoms. The molecule has 11 rings (SSSR count). The number of aromatic nitrogens is 2. The second-order valence-electron chi connectivity index (χ2n) is 26.1. The Bertz CT molecular complexity index is 2960. The van der Waals surface area contributed by atoms with Gasteiger partial charge in [-0.3, -0.25) is 48.7 Å². The highest BCUT2D eigenvalue weighted by atomic mass is 19.4. The van der Waals surface area contributed by atoms with Gasteiger partial charge in [-0.1, -0.05) is 27.7 Å². The first-order chi connectivity index (χ1) is 40.0. The highest BCUT2D eigenvalue weighted by Gasteiger charge is 2.55. The summed E-state index contributed by atoms with van der Waals surface area (Å²) in [6.07, 6.45) is -0.387. The van der Waals surface area contributed by atoms with Crippen molar-refractivity contribution in [2.75, 3.05) is 136 Å². The number of alkyl halides is 3. The average molecular weight is 1180 g/mol. The number of hydrogen-bond acceptors (Lipinski definition) is 16. The van der Waals surface area contributed by atoms with Crippen LogP contribution in [0.3, 0.4) is 0 Å². The number of methoxy groups -OCH3 is 1. The molecule has 6 saturated heterocycles. The number of benzene rings is 1. The summed E-state index contributed by atoms with van der Waals surface area (Å²) in [6.45, 7) is 15.5. The van der Waals surface area contributed by atoms with E-state index in [1.54, 1.807) is 32.2 Å². The largest absolute Gasteiger partial charge is 0.464 e. The molecule has 1 spiro atoms. The number of likely N-dealkylation sites (N-methyl/N-ethyl adjacent to an activating group) is 1. The van der Waals surface area contributed by atoms with Crippen LogP contribution in [0.15, 0.2) is 30.5 Å². The third-order valence-electron chi connectivity index (χ3n) is 18.4. The fraction of sp³-hybridized carbons (Fsp3) is 0.700. The number of cyclic esters (lactones) is 1. The number of rotatable bonds is 13. The molecule has 1 aromatic carbocycles. The van der Waals surface area contributed by atoms with Gasteiger partial charge in [-0.05, 0) is 74.8 Å². The molecule has 1 saturated carbocycles. The van der Waals surface area contributed by atoms with Crippen LogP contribution in [-0.4, -0.2) is 243 Å². The molecule has 21 nitrogen and oxygen atoms in total. The van der Waals surface area contributed by atoms with E-state index in [-0.39, 0.29) is 68.8 Å². The van der Waals surface area contributed by atoms with Crippen molar-refractivity contribution >= 4 is 51.9 Å². The van der Waals surface area contributed by atoms with Crippen LogP contribution in [-0.2, 0) is 55.9 Å². The van der Waals surface area contributed by atoms with Gasteiger partial charge in [0.05, 0.1) is 81.0 Å². The van der Waals surface area contributed by atoms with E-state index in [0.717, 1.165) is 37.6 Å². The molecule has 7 fully saturated rings. The van der Waals surface area contributed by atoms with Crippen molar-refractivity contribution < 1.29 is 56.1 Å². The maximum Gasteiger partial charge on any atom is 0.406 e. The Hall–Kier alpha value is -5.63. The summed E-state index contributed by atoms with van der Waals surface area (Å²) < 4.78 is 71.9. The number of carbonyl (C=O) groups excluding carboxylic acids is 5. The van der Waals surface area contributed by atoms with Gasteiger partial charge in [0.15, 0.2) is 0 Å². The zero-order chi connectivity index (χ0) is 59.6. The molecule has 8 aliphatic rings. The van der Waals surface area contributed by atoms with Crippen molar-refractivity contribution in [3.05, 3.63) is 41.7 Å². The number of likely N-dealkylation sites (tertiary alicyclic amines) is 1. The minimum absolute atomic E-state index is 0.0432. The summed E-state index contributed by atoms with van der Waals surface area (Å²) >= 11 is 0. The molecule has 460 valence electrons. The van der Waals surface area contributed by atoms with Crippen LogP contribution < -0.4 is 20.5 Å². The molecule has 2 N–H and O–H groups in total. The van der Waals surface area contributed by atoms with E-state index in [0.29, 0.717) is 105 Å². The Kier molecular flexibility index (Phi) is 17.1. The first-order valence-corrected chi connectivity index (χ1v) is 30.2. The van der Waals surface area contributed by atoms with E-state index < -0.39 is 65.9 Å². The van der Waals surface area contributed by atoms with Crippen LogP contribution in [0.5, 0.6) is 0 Å². The monoisotopic (exact) mass is 1170 g/mol. The van der Waals surface area contributed by atoms with Gasteiger partial charge in [0.25, 0.3) is 5.91 Å². The number of amides is 4. The van der Waals surface area contributed by atoms with Gasteiger partial charge in [0.1, 0.15) is 30.3 Å². The summed E-state index contributed by atoms with van der Waals surface area (Å²) in [7, 11) is 4.95. The second kappa shape index (κ2) is 23.9. The lowest BCUT2D eigenvalue weighted by Crippen LogP contribution is -2.73. The molecular formula is C60H85F3N12O9. The van der Waals surface area contributed by atoms with Gasteiger partial charge >= 0.3 is 12.1 Å². The predicted molar refractivity (Wildman–Crippen MR) is 308 cm³/mol. The molecule has 24 heteroatoms. The number of hydrazine groups is 1. The van der Waals surface area contributed by atoms with E-state index in [2.05, 4.69) is 30.3 Å². The van der Waals surface area contributed by atoms with Crippen LogP contribution in [0.4, 0.5) is 24.5 Å². The minimum Gasteiger partial charge on any atom is -0.464 e. The molecule has 4 amide bonds. The van der Waals surface area contributed by atoms with Crippen LogP contribution in [0.25, 0.3) is 22.2 Å². The van der Waals surface area contributed by atoms with E-state index in [4.69, 9.17) is 23.9 Å². The van der Waals surface area contributed by atoms with Gasteiger partial charge in [0, 0.05) is 127 Å². The summed E-state index contributed by atoms with van der Waals surface area (Å²) in [5.74, 6) is -1.66. The zero-order valence-corrected chi connectivity index (χ0v) is 50.0. The molecule has 0 radical (unpaired) electrons. The van der Waals surface area contributed by atoms with E-state index >= 15 is 18.0 Å². The zero-order valence-electron chi connectivity index (χ0n) is 50.0. The molecule has 9 heterocycles. The minimum atomic E-state index is -4.61. The fourth-order valence-corrected chi connectivity index (χ4v) is 13.6. The van der Waals surface area contributed by atoms with Crippen LogP contribution in [0.2, 0.25) is 0 Å². The molecule has 7 atom stereocenters. The third kappa shape index (κ3) is 12.9. The Labute approximate surface area is 490 Å². The number of nitrogens with one attached hydrogen (secondary N) is 2. The van der Waals surface area contributed by atoms with Crippen molar-refractivity contribution in [3.8, 4) is 11.3 Å². The number of halogens is 3. The number of piperazine rings is 1. The number of nitrogens with zero attached hydrogens (tertiary/aromatic N) is 10. The van der Waals surface area contributed by atoms with Gasteiger partial charge in [-0.15, -0.1) is 0 Å². The Morgan fingerprint density at radius 1 is 0.929 bits per heavy atom. The van der Waals surface area contributed by atoms with Crippen LogP contribution in [0, 0.1) is 11.3 Å². The quantitative estimate of drug-likeness (QED) is 0.186. The van der Waals surface area contributed by atoms with Gasteiger partial charge in [-0.25, -0.2) is 5.43 Å². The van der Waals surface area contributed by atoms with Crippen molar-refractivity contribution in [3.63, 3.8) is 0 Å². The van der Waals surface area contributed by atoms with Gasteiger partial charge in [-0.2, -0.15) is 13.2 Å². The number of carbonyl (C=O) groups is 5. The summed E-state index contributed by atoms with van der Waals surface area (Å²) in [5.41, 5.74) is 5.71. The molecule has 2 aromatic heterocycles. The van der Waals surface area contributed by atoms with E-state index in [9.17, 15) is 19.2 Å². The van der Waals surface area contributed by atoms with E-state index in [1.165, 1.54) is 27.3 Å². The molecule has 6 bridgehead atoms. The van der Waals surface area contributed by atoms with Gasteiger partial charge in [0.2, 0.25) is 17.7 Å². The van der Waals surface area contributed by atoms with Crippen molar-refractivity contribution in [2.24, 2.45) is 11.3 Å². The third-order valence-corrected chi connectivity index (χ3v) is 18.4. The SMILES string of the molecule is CO[C@@H](C)c1ncc(N2CCN(C3CC3)CC2)cc1-c1c2c3cc(ccc3n1CC(F)(F)F)N1CCO[C@@H](C[C@H](NC(=O)C(C(C)C)N3CCOC4(CN(C(=O)[C@H]5CN5CC(=O)N(C)C)C4)C3)C(=O)N3CCC[C@H](N3)C(=O)OCC(C)(C)C2)C1. The molecular weight excluding hydrogens is 1090 g/mol. The molecule has 1 aliphatic carbocycles. The number of hydrogen-bond donors (Lipinski definition) is 2. The Morgan fingerprint density at radius 2 is 1.69 bits per heavy atom.